The normalized spacial score (nSPS) is 23.3. The van der Waals surface area contributed by atoms with Gasteiger partial charge in [0.1, 0.15) is 5.82 Å². The summed E-state index contributed by atoms with van der Waals surface area (Å²) in [5.74, 6) is 1.06. The number of aromatic amines is 1. The summed E-state index contributed by atoms with van der Waals surface area (Å²) in [5, 5.41) is 0. The molecule has 2 aliphatic heterocycles. The van der Waals surface area contributed by atoms with Crippen LogP contribution in [0.2, 0.25) is 0 Å². The van der Waals surface area contributed by atoms with Crippen molar-refractivity contribution in [2.75, 3.05) is 45.9 Å². The van der Waals surface area contributed by atoms with Crippen LogP contribution in [0.5, 0.6) is 0 Å². The van der Waals surface area contributed by atoms with Gasteiger partial charge in [-0.2, -0.15) is 0 Å². The van der Waals surface area contributed by atoms with Gasteiger partial charge in [0.15, 0.2) is 6.29 Å². The lowest BCUT2D eigenvalue weighted by molar-refractivity contribution is -0.164. The third kappa shape index (κ3) is 4.58. The van der Waals surface area contributed by atoms with E-state index in [2.05, 4.69) is 31.9 Å². The maximum atomic E-state index is 5.85. The molecule has 136 valence electrons. The van der Waals surface area contributed by atoms with Crippen molar-refractivity contribution in [3.05, 3.63) is 30.1 Å². The lowest BCUT2D eigenvalue weighted by Crippen LogP contribution is -2.47. The summed E-state index contributed by atoms with van der Waals surface area (Å²) in [7, 11) is 0. The van der Waals surface area contributed by atoms with E-state index in [-0.39, 0.29) is 6.29 Å². The minimum absolute atomic E-state index is 0.0307. The first-order valence-corrected chi connectivity index (χ1v) is 9.48. The second-order valence-corrected chi connectivity index (χ2v) is 6.99. The van der Waals surface area contributed by atoms with E-state index in [4.69, 9.17) is 9.47 Å². The number of aromatic nitrogens is 2. The summed E-state index contributed by atoms with van der Waals surface area (Å²) in [4.78, 5) is 13.1. The molecule has 4 rings (SSSR count). The first kappa shape index (κ1) is 17.0. The minimum atomic E-state index is 0.0307. The Morgan fingerprint density at radius 1 is 1.12 bits per heavy atom. The molecule has 25 heavy (non-hydrogen) atoms. The summed E-state index contributed by atoms with van der Waals surface area (Å²) in [6.07, 6.45) is 3.48. The highest BCUT2D eigenvalue weighted by atomic mass is 16.7. The number of benzene rings is 1. The van der Waals surface area contributed by atoms with E-state index in [0.29, 0.717) is 0 Å². The summed E-state index contributed by atoms with van der Waals surface area (Å²) in [6.45, 7) is 7.87. The number of ether oxygens (including phenoxy) is 2. The zero-order valence-electron chi connectivity index (χ0n) is 14.8. The molecule has 0 bridgehead atoms. The fraction of sp³-hybridized carbons (Fsp3) is 0.632. The average Bonchev–Trinajstić information content (AvgIpc) is 3.06. The Hall–Kier alpha value is -1.47. The molecule has 0 amide bonds. The van der Waals surface area contributed by atoms with Gasteiger partial charge in [0, 0.05) is 39.3 Å². The second-order valence-electron chi connectivity index (χ2n) is 6.99. The van der Waals surface area contributed by atoms with Gasteiger partial charge in [-0.3, -0.25) is 9.80 Å². The topological polar surface area (TPSA) is 53.6 Å². The highest BCUT2D eigenvalue weighted by Crippen LogP contribution is 2.15. The standard InChI is InChI=1S/C19H28N4O2/c1-2-6-17-16(5-1)20-18(21-17)15-23-10-8-22(9-11-23)12-14-25-19-7-3-4-13-24-19/h1-2,5-6,19H,3-4,7-15H2,(H,20,21)/t19-/m1/s1. The highest BCUT2D eigenvalue weighted by molar-refractivity contribution is 5.74. The van der Waals surface area contributed by atoms with Crippen LogP contribution in [-0.2, 0) is 16.0 Å². The van der Waals surface area contributed by atoms with Crippen LogP contribution in [0, 0.1) is 0 Å². The Morgan fingerprint density at radius 3 is 2.76 bits per heavy atom. The van der Waals surface area contributed by atoms with Crippen LogP contribution in [-0.4, -0.2) is 72.0 Å². The highest BCUT2D eigenvalue weighted by Gasteiger charge is 2.19. The van der Waals surface area contributed by atoms with Crippen molar-refractivity contribution in [2.24, 2.45) is 0 Å². The SMILES string of the molecule is c1ccc2[nH]c(CN3CCN(CCO[C@@H]4CCCCO4)CC3)nc2c1. The molecule has 1 aromatic heterocycles. The number of hydrogen-bond acceptors (Lipinski definition) is 5. The maximum Gasteiger partial charge on any atom is 0.157 e. The molecule has 0 radical (unpaired) electrons. The molecule has 0 unspecified atom stereocenters. The van der Waals surface area contributed by atoms with Gasteiger partial charge in [-0.05, 0) is 31.4 Å². The number of para-hydroxylation sites is 2. The average molecular weight is 344 g/mol. The number of imidazole rings is 1. The summed E-state index contributed by atoms with van der Waals surface area (Å²) < 4.78 is 11.5. The molecule has 1 aromatic carbocycles. The van der Waals surface area contributed by atoms with Crippen molar-refractivity contribution in [1.82, 2.24) is 19.8 Å². The number of nitrogens with one attached hydrogen (secondary N) is 1. The first-order chi connectivity index (χ1) is 12.4. The fourth-order valence-corrected chi connectivity index (χ4v) is 3.62. The van der Waals surface area contributed by atoms with Crippen LogP contribution in [0.4, 0.5) is 0 Å². The zero-order chi connectivity index (χ0) is 16.9. The molecule has 2 aliphatic rings. The minimum Gasteiger partial charge on any atom is -0.353 e. The lowest BCUT2D eigenvalue weighted by atomic mass is 10.2. The number of rotatable bonds is 6. The molecule has 3 heterocycles. The van der Waals surface area contributed by atoms with Crippen molar-refractivity contribution in [3.8, 4) is 0 Å². The van der Waals surface area contributed by atoms with Crippen molar-refractivity contribution in [3.63, 3.8) is 0 Å². The van der Waals surface area contributed by atoms with Crippen LogP contribution in [0.1, 0.15) is 25.1 Å². The van der Waals surface area contributed by atoms with E-state index >= 15 is 0 Å². The molecule has 6 nitrogen and oxygen atoms in total. The second kappa shape index (κ2) is 8.27. The van der Waals surface area contributed by atoms with Crippen molar-refractivity contribution < 1.29 is 9.47 Å². The van der Waals surface area contributed by atoms with Crippen LogP contribution < -0.4 is 0 Å². The van der Waals surface area contributed by atoms with Gasteiger partial charge < -0.3 is 14.5 Å². The number of fused-ring (bicyclic) bond motifs is 1. The number of hydrogen-bond donors (Lipinski definition) is 1. The van der Waals surface area contributed by atoms with Crippen LogP contribution >= 0.6 is 0 Å². The molecule has 0 spiro atoms. The van der Waals surface area contributed by atoms with Gasteiger partial charge in [-0.25, -0.2) is 4.98 Å². The Bertz CT molecular complexity index is 627. The smallest absolute Gasteiger partial charge is 0.157 e. The van der Waals surface area contributed by atoms with E-state index in [1.807, 2.05) is 12.1 Å². The third-order valence-corrected chi connectivity index (χ3v) is 5.13. The van der Waals surface area contributed by atoms with E-state index in [1.54, 1.807) is 0 Å². The van der Waals surface area contributed by atoms with Gasteiger partial charge >= 0.3 is 0 Å². The molecule has 0 saturated carbocycles. The van der Waals surface area contributed by atoms with Gasteiger partial charge in [-0.15, -0.1) is 0 Å². The number of H-pyrrole nitrogens is 1. The fourth-order valence-electron chi connectivity index (χ4n) is 3.62. The Labute approximate surface area is 149 Å². The molecular weight excluding hydrogens is 316 g/mol. The van der Waals surface area contributed by atoms with Crippen molar-refractivity contribution >= 4 is 11.0 Å². The Morgan fingerprint density at radius 2 is 1.96 bits per heavy atom. The lowest BCUT2D eigenvalue weighted by Gasteiger charge is -2.34. The largest absolute Gasteiger partial charge is 0.353 e. The van der Waals surface area contributed by atoms with Crippen LogP contribution in [0.25, 0.3) is 11.0 Å². The predicted octanol–water partition coefficient (Wildman–Crippen LogP) is 2.22. The van der Waals surface area contributed by atoms with Crippen molar-refractivity contribution in [2.45, 2.75) is 32.1 Å². The molecule has 2 fully saturated rings. The molecule has 1 N–H and O–H groups in total. The quantitative estimate of drug-likeness (QED) is 0.871. The van der Waals surface area contributed by atoms with Gasteiger partial charge in [0.05, 0.1) is 24.2 Å². The Balaban J connectivity index is 1.18. The maximum absolute atomic E-state index is 5.85. The van der Waals surface area contributed by atoms with Gasteiger partial charge in [0.25, 0.3) is 0 Å². The third-order valence-electron chi connectivity index (χ3n) is 5.13. The van der Waals surface area contributed by atoms with E-state index in [0.717, 1.165) is 75.8 Å². The van der Waals surface area contributed by atoms with Gasteiger partial charge in [-0.1, -0.05) is 12.1 Å². The summed E-state index contributed by atoms with van der Waals surface area (Å²) in [5.41, 5.74) is 2.18. The molecule has 0 aliphatic carbocycles. The molecule has 6 heteroatoms. The van der Waals surface area contributed by atoms with E-state index in [9.17, 15) is 0 Å². The molecule has 1 atom stereocenters. The van der Waals surface area contributed by atoms with E-state index in [1.165, 1.54) is 12.8 Å². The molecular formula is C19H28N4O2. The first-order valence-electron chi connectivity index (χ1n) is 9.48. The zero-order valence-corrected chi connectivity index (χ0v) is 14.8. The van der Waals surface area contributed by atoms with E-state index < -0.39 is 0 Å². The summed E-state index contributed by atoms with van der Waals surface area (Å²) >= 11 is 0. The number of piperazine rings is 1. The van der Waals surface area contributed by atoms with Crippen LogP contribution in [0.3, 0.4) is 0 Å². The monoisotopic (exact) mass is 344 g/mol. The molecule has 2 aromatic rings. The summed E-state index contributed by atoms with van der Waals surface area (Å²) in [6, 6.07) is 8.22. The molecule has 2 saturated heterocycles. The van der Waals surface area contributed by atoms with Crippen molar-refractivity contribution in [1.29, 1.82) is 0 Å². The predicted molar refractivity (Wildman–Crippen MR) is 97.4 cm³/mol. The number of nitrogens with zero attached hydrogens (tertiary/aromatic N) is 3. The van der Waals surface area contributed by atoms with Crippen LogP contribution in [0.15, 0.2) is 24.3 Å². The van der Waals surface area contributed by atoms with Gasteiger partial charge in [0.2, 0.25) is 0 Å². The Kier molecular flexibility index (Phi) is 5.62.